The minimum atomic E-state index is -3.16. The number of esters is 1. The molecule has 1 aromatic rings. The van der Waals surface area contributed by atoms with Crippen LogP contribution in [0.15, 0.2) is 24.3 Å². The van der Waals surface area contributed by atoms with Crippen LogP contribution in [0.3, 0.4) is 0 Å². The van der Waals surface area contributed by atoms with Gasteiger partial charge in [-0.3, -0.25) is 14.4 Å². The number of hydrogen-bond donors (Lipinski definition) is 1. The van der Waals surface area contributed by atoms with Crippen molar-refractivity contribution in [3.05, 3.63) is 35.6 Å². The van der Waals surface area contributed by atoms with Gasteiger partial charge < -0.3 is 10.1 Å². The Bertz CT molecular complexity index is 805. The fourth-order valence-corrected chi connectivity index (χ4v) is 4.79. The Morgan fingerprint density at radius 2 is 1.85 bits per heavy atom. The van der Waals surface area contributed by atoms with Gasteiger partial charge in [0, 0.05) is 12.0 Å². The van der Waals surface area contributed by atoms with Crippen LogP contribution >= 0.6 is 0 Å². The first kappa shape index (κ1) is 20.0. The van der Waals surface area contributed by atoms with Gasteiger partial charge in [-0.25, -0.2) is 12.8 Å². The number of sulfone groups is 1. The molecule has 1 aromatic carbocycles. The lowest BCUT2D eigenvalue weighted by Gasteiger charge is -2.23. The Hall–Kier alpha value is -2.29. The van der Waals surface area contributed by atoms with Crippen LogP contribution in [0.2, 0.25) is 0 Å². The van der Waals surface area contributed by atoms with Crippen LogP contribution in [0, 0.1) is 5.82 Å². The van der Waals surface area contributed by atoms with E-state index in [0.29, 0.717) is 6.42 Å². The predicted molar refractivity (Wildman–Crippen MR) is 90.7 cm³/mol. The van der Waals surface area contributed by atoms with Crippen molar-refractivity contribution in [1.82, 2.24) is 5.32 Å². The van der Waals surface area contributed by atoms with Gasteiger partial charge in [0.2, 0.25) is 0 Å². The highest BCUT2D eigenvalue weighted by atomic mass is 32.2. The summed E-state index contributed by atoms with van der Waals surface area (Å²) >= 11 is 0. The molecule has 1 atom stereocenters. The van der Waals surface area contributed by atoms with Crippen LogP contribution < -0.4 is 5.32 Å². The van der Waals surface area contributed by atoms with Gasteiger partial charge in [-0.15, -0.1) is 0 Å². The minimum Gasteiger partial charge on any atom is -0.456 e. The molecule has 1 aliphatic rings. The predicted octanol–water partition coefficient (Wildman–Crippen LogP) is 1.03. The third-order valence-electron chi connectivity index (χ3n) is 4.03. The van der Waals surface area contributed by atoms with Crippen LogP contribution in [0.1, 0.15) is 36.5 Å². The maximum Gasteiger partial charge on any atom is 0.306 e. The second-order valence-corrected chi connectivity index (χ2v) is 8.73. The molecule has 0 aliphatic carbocycles. The van der Waals surface area contributed by atoms with E-state index >= 15 is 0 Å². The van der Waals surface area contributed by atoms with Crippen LogP contribution in [-0.2, 0) is 24.2 Å². The summed E-state index contributed by atoms with van der Waals surface area (Å²) in [5.74, 6) is -2.26. The molecule has 1 N–H and O–H groups in total. The molecule has 142 valence electrons. The molecule has 26 heavy (non-hydrogen) atoms. The van der Waals surface area contributed by atoms with Gasteiger partial charge in [0.25, 0.3) is 5.91 Å². The molecule has 0 bridgehead atoms. The number of amides is 1. The Labute approximate surface area is 150 Å². The molecule has 7 nitrogen and oxygen atoms in total. The summed E-state index contributed by atoms with van der Waals surface area (Å²) in [5.41, 5.74) is -0.576. The van der Waals surface area contributed by atoms with Gasteiger partial charge in [0.1, 0.15) is 5.82 Å². The molecule has 1 amide bonds. The number of Topliss-reactive ketones (excluding diaryl/α,β-unsaturated/α-hetero) is 1. The molecule has 1 fully saturated rings. The largest absolute Gasteiger partial charge is 0.456 e. The average molecular weight is 385 g/mol. The molecular weight excluding hydrogens is 365 g/mol. The summed E-state index contributed by atoms with van der Waals surface area (Å²) < 4.78 is 40.6. The third-order valence-corrected chi connectivity index (χ3v) is 5.93. The first-order valence-electron chi connectivity index (χ1n) is 8.04. The number of halogens is 1. The van der Waals surface area contributed by atoms with E-state index < -0.39 is 39.7 Å². The van der Waals surface area contributed by atoms with E-state index in [1.165, 1.54) is 12.1 Å². The fourth-order valence-electron chi connectivity index (χ4n) is 2.70. The van der Waals surface area contributed by atoms with Crippen molar-refractivity contribution in [3.63, 3.8) is 0 Å². The topological polar surface area (TPSA) is 107 Å². The van der Waals surface area contributed by atoms with Gasteiger partial charge in [0.15, 0.2) is 22.2 Å². The summed E-state index contributed by atoms with van der Waals surface area (Å²) in [7, 11) is -3.16. The molecule has 0 saturated carbocycles. The van der Waals surface area contributed by atoms with Crippen molar-refractivity contribution >= 4 is 27.5 Å². The zero-order chi connectivity index (χ0) is 19.4. The smallest absolute Gasteiger partial charge is 0.306 e. The van der Waals surface area contributed by atoms with Crippen molar-refractivity contribution < 1.29 is 31.9 Å². The van der Waals surface area contributed by atoms with E-state index in [4.69, 9.17) is 4.74 Å². The monoisotopic (exact) mass is 385 g/mol. The third kappa shape index (κ3) is 5.91. The number of benzene rings is 1. The second-order valence-electron chi connectivity index (χ2n) is 6.54. The van der Waals surface area contributed by atoms with E-state index in [0.717, 1.165) is 12.1 Å². The average Bonchev–Trinajstić information content (AvgIpc) is 2.84. The molecule has 0 aromatic heterocycles. The van der Waals surface area contributed by atoms with Crippen molar-refractivity contribution in [3.8, 4) is 0 Å². The zero-order valence-corrected chi connectivity index (χ0v) is 15.1. The van der Waals surface area contributed by atoms with Crippen LogP contribution in [0.4, 0.5) is 4.39 Å². The molecular formula is C17H20FNO6S. The summed E-state index contributed by atoms with van der Waals surface area (Å²) in [6.45, 7) is 1.08. The number of hydrogen-bond acceptors (Lipinski definition) is 6. The van der Waals surface area contributed by atoms with Gasteiger partial charge in [-0.05, 0) is 37.6 Å². The Balaban J connectivity index is 1.72. The minimum absolute atomic E-state index is 0.00899. The number of nitrogens with one attached hydrogen (secondary N) is 1. The molecule has 1 saturated heterocycles. The lowest BCUT2D eigenvalue weighted by molar-refractivity contribution is -0.148. The molecule has 0 radical (unpaired) electrons. The van der Waals surface area contributed by atoms with E-state index in [2.05, 4.69) is 5.32 Å². The number of ketones is 1. The van der Waals surface area contributed by atoms with Crippen LogP contribution in [-0.4, -0.2) is 49.7 Å². The summed E-state index contributed by atoms with van der Waals surface area (Å²) in [5, 5.41) is 2.56. The van der Waals surface area contributed by atoms with E-state index in [1.54, 1.807) is 6.92 Å². The number of carbonyl (C=O) groups is 3. The van der Waals surface area contributed by atoms with Crippen molar-refractivity contribution in [2.45, 2.75) is 31.7 Å². The first-order chi connectivity index (χ1) is 12.1. The normalized spacial score (nSPS) is 21.2. The summed E-state index contributed by atoms with van der Waals surface area (Å²) in [6, 6.07) is 4.96. The maximum absolute atomic E-state index is 12.8. The second kappa shape index (κ2) is 7.94. The van der Waals surface area contributed by atoms with E-state index in [1.807, 2.05) is 0 Å². The quantitative estimate of drug-likeness (QED) is 0.555. The highest BCUT2D eigenvalue weighted by Crippen LogP contribution is 2.22. The van der Waals surface area contributed by atoms with Crippen molar-refractivity contribution in [1.29, 1.82) is 0 Å². The van der Waals surface area contributed by atoms with Gasteiger partial charge >= 0.3 is 5.97 Å². The van der Waals surface area contributed by atoms with E-state index in [-0.39, 0.29) is 35.7 Å². The first-order valence-corrected chi connectivity index (χ1v) is 9.87. The van der Waals surface area contributed by atoms with Crippen molar-refractivity contribution in [2.75, 3.05) is 18.1 Å². The molecule has 1 heterocycles. The highest BCUT2D eigenvalue weighted by molar-refractivity contribution is 7.91. The van der Waals surface area contributed by atoms with Gasteiger partial charge in [-0.2, -0.15) is 0 Å². The fraction of sp³-hybridized carbons (Fsp3) is 0.471. The standard InChI is InChI=1S/C17H20FNO6S/c1-17(8-9-26(23,24)11-17)19-15(21)10-25-16(22)7-6-14(20)12-2-4-13(18)5-3-12/h2-5H,6-11H2,1H3,(H,19,21)/t17-/m0/s1. The zero-order valence-electron chi connectivity index (χ0n) is 14.3. The summed E-state index contributed by atoms with van der Waals surface area (Å²) in [4.78, 5) is 35.3. The number of carbonyl (C=O) groups excluding carboxylic acids is 3. The number of ether oxygens (including phenoxy) is 1. The molecule has 9 heteroatoms. The van der Waals surface area contributed by atoms with Crippen LogP contribution in [0.25, 0.3) is 0 Å². The van der Waals surface area contributed by atoms with Crippen molar-refractivity contribution in [2.24, 2.45) is 0 Å². The van der Waals surface area contributed by atoms with E-state index in [9.17, 15) is 27.2 Å². The SMILES string of the molecule is C[C@]1(NC(=O)COC(=O)CCC(=O)c2ccc(F)cc2)CCS(=O)(=O)C1. The summed E-state index contributed by atoms with van der Waals surface area (Å²) in [6.07, 6.45) is -0.0294. The Morgan fingerprint density at radius 1 is 1.19 bits per heavy atom. The molecule has 0 spiro atoms. The molecule has 2 rings (SSSR count). The number of rotatable bonds is 7. The highest BCUT2D eigenvalue weighted by Gasteiger charge is 2.39. The molecule has 0 unspecified atom stereocenters. The Kier molecular flexibility index (Phi) is 6.12. The molecule has 1 aliphatic heterocycles. The Morgan fingerprint density at radius 3 is 2.42 bits per heavy atom. The lowest BCUT2D eigenvalue weighted by Crippen LogP contribution is -2.48. The lowest BCUT2D eigenvalue weighted by atomic mass is 10.0. The van der Waals surface area contributed by atoms with Gasteiger partial charge in [-0.1, -0.05) is 0 Å². The van der Waals surface area contributed by atoms with Gasteiger partial charge in [0.05, 0.1) is 23.5 Å². The maximum atomic E-state index is 12.8. The van der Waals surface area contributed by atoms with Crippen LogP contribution in [0.5, 0.6) is 0 Å².